The average molecular weight is 889 g/mol. The number of anilines is 4. The van der Waals surface area contributed by atoms with Crippen LogP contribution in [0.1, 0.15) is 98.1 Å². The minimum Gasteiger partial charge on any atom is -0.495 e. The van der Waals surface area contributed by atoms with Gasteiger partial charge >= 0.3 is 0 Å². The van der Waals surface area contributed by atoms with Crippen LogP contribution < -0.4 is 36.1 Å². The first-order valence-corrected chi connectivity index (χ1v) is 22.8. The smallest absolute Gasteiger partial charge is 0.271 e. The number of aliphatic hydroxyl groups is 4. The minimum atomic E-state index is -1.14. The van der Waals surface area contributed by atoms with Crippen molar-refractivity contribution in [1.82, 2.24) is 30.0 Å². The molecular formula is C45H64N10O9. The predicted molar refractivity (Wildman–Crippen MR) is 238 cm³/mol. The van der Waals surface area contributed by atoms with Crippen LogP contribution in [0.15, 0.2) is 36.4 Å². The maximum atomic E-state index is 13.2. The van der Waals surface area contributed by atoms with E-state index in [1.165, 1.54) is 4.90 Å². The fraction of sp³-hybridized carbons (Fsp3) is 0.600. The maximum Gasteiger partial charge on any atom is 0.271 e. The van der Waals surface area contributed by atoms with E-state index in [0.717, 1.165) is 57.5 Å². The van der Waals surface area contributed by atoms with Gasteiger partial charge in [-0.1, -0.05) is 13.0 Å². The lowest BCUT2D eigenvalue weighted by molar-refractivity contribution is -0.159. The van der Waals surface area contributed by atoms with Crippen LogP contribution >= 0.6 is 0 Å². The summed E-state index contributed by atoms with van der Waals surface area (Å²) >= 11 is 0. The number of carbonyl (C=O) groups excluding carboxylic acids is 2. The molecule has 64 heavy (non-hydrogen) atoms. The normalized spacial score (nSPS) is 24.9. The first-order valence-electron chi connectivity index (χ1n) is 22.8. The van der Waals surface area contributed by atoms with Crippen LogP contribution in [0, 0.1) is 0 Å². The van der Waals surface area contributed by atoms with Gasteiger partial charge in [0.25, 0.3) is 5.91 Å². The van der Waals surface area contributed by atoms with Crippen molar-refractivity contribution in [3.05, 3.63) is 58.9 Å². The molecule has 0 spiro atoms. The molecule has 0 saturated carbocycles. The van der Waals surface area contributed by atoms with E-state index >= 15 is 0 Å². The van der Waals surface area contributed by atoms with E-state index in [0.29, 0.717) is 111 Å². The Labute approximate surface area is 373 Å². The number of methoxy groups -OCH3 is 1. The van der Waals surface area contributed by atoms with Crippen LogP contribution in [-0.4, -0.2) is 154 Å². The summed E-state index contributed by atoms with van der Waals surface area (Å²) in [6.07, 6.45) is 1.81. The Morgan fingerprint density at radius 3 is 2.34 bits per heavy atom. The zero-order valence-corrected chi connectivity index (χ0v) is 36.8. The van der Waals surface area contributed by atoms with Gasteiger partial charge in [-0.3, -0.25) is 19.8 Å². The van der Waals surface area contributed by atoms with Crippen molar-refractivity contribution in [2.75, 3.05) is 81.7 Å². The third-order valence-electron chi connectivity index (χ3n) is 13.4. The molecule has 6 heterocycles. The van der Waals surface area contributed by atoms with Crippen molar-refractivity contribution >= 4 is 34.8 Å². The van der Waals surface area contributed by atoms with Crippen LogP contribution in [0.2, 0.25) is 0 Å². The van der Waals surface area contributed by atoms with E-state index < -0.39 is 36.9 Å². The van der Waals surface area contributed by atoms with E-state index in [9.17, 15) is 30.0 Å². The maximum absolute atomic E-state index is 13.2. The molecule has 9 N–H and O–H groups in total. The number of aliphatic hydroxyl groups excluding tert-OH is 4. The Balaban J connectivity index is 0.780. The Kier molecular flexibility index (Phi) is 14.7. The lowest BCUT2D eigenvalue weighted by Gasteiger charge is -2.43. The van der Waals surface area contributed by atoms with Crippen LogP contribution in [0.5, 0.6) is 11.5 Å². The monoisotopic (exact) mass is 888 g/mol. The van der Waals surface area contributed by atoms with Crippen molar-refractivity contribution in [2.45, 2.75) is 108 Å². The number of fused-ring (bicyclic) bond motifs is 1. The van der Waals surface area contributed by atoms with Gasteiger partial charge in [0.05, 0.1) is 31.1 Å². The van der Waals surface area contributed by atoms with Crippen molar-refractivity contribution in [3.63, 3.8) is 0 Å². The lowest BCUT2D eigenvalue weighted by atomic mass is 10.0. The topological polar surface area (TPSA) is 244 Å². The number of carbonyl (C=O) groups is 2. The molecule has 0 radical (unpaired) electrons. The number of nitrogens with one attached hydrogen (secondary N) is 3. The molecule has 8 rings (SSSR count). The second kappa shape index (κ2) is 20.5. The number of nitrogens with zero attached hydrogens (tertiary/aromatic N) is 6. The Bertz CT molecular complexity index is 2090. The van der Waals surface area contributed by atoms with Gasteiger partial charge in [0.2, 0.25) is 5.91 Å². The molecule has 5 aliphatic rings. The molecular weight excluding hydrogens is 825 g/mol. The quantitative estimate of drug-likeness (QED) is 0.102. The molecule has 19 heteroatoms. The van der Waals surface area contributed by atoms with Gasteiger partial charge < -0.3 is 60.8 Å². The van der Waals surface area contributed by atoms with Crippen molar-refractivity contribution in [2.24, 2.45) is 5.73 Å². The Morgan fingerprint density at radius 1 is 0.891 bits per heavy atom. The van der Waals surface area contributed by atoms with Gasteiger partial charge in [0.1, 0.15) is 36.4 Å². The van der Waals surface area contributed by atoms with Crippen LogP contribution in [0.25, 0.3) is 0 Å². The van der Waals surface area contributed by atoms with E-state index in [1.807, 2.05) is 30.0 Å². The van der Waals surface area contributed by atoms with Crippen LogP contribution in [0.4, 0.5) is 23.0 Å². The van der Waals surface area contributed by atoms with Gasteiger partial charge in [0, 0.05) is 93.9 Å². The zero-order valence-electron chi connectivity index (χ0n) is 36.8. The molecule has 2 aromatic carbocycles. The average Bonchev–Trinajstić information content (AvgIpc) is 3.55. The van der Waals surface area contributed by atoms with Crippen molar-refractivity contribution in [3.8, 4) is 11.5 Å². The highest BCUT2D eigenvalue weighted by Crippen LogP contribution is 2.44. The van der Waals surface area contributed by atoms with E-state index in [-0.39, 0.29) is 23.5 Å². The van der Waals surface area contributed by atoms with Gasteiger partial charge in [-0.05, 0) is 75.6 Å². The largest absolute Gasteiger partial charge is 0.495 e. The number of hydrogen-bond donors (Lipinski definition) is 8. The lowest BCUT2D eigenvalue weighted by Crippen LogP contribution is -2.57. The van der Waals surface area contributed by atoms with E-state index in [1.54, 1.807) is 25.3 Å². The van der Waals surface area contributed by atoms with Crippen LogP contribution in [0.3, 0.4) is 0 Å². The van der Waals surface area contributed by atoms with Crippen molar-refractivity contribution in [1.29, 1.82) is 0 Å². The summed E-state index contributed by atoms with van der Waals surface area (Å²) in [6.45, 7) is 8.41. The molecule has 19 nitrogen and oxygen atoms in total. The Morgan fingerprint density at radius 2 is 1.64 bits per heavy atom. The highest BCUT2D eigenvalue weighted by Gasteiger charge is 2.45. The molecule has 5 atom stereocenters. The number of benzene rings is 2. The number of primary amides is 1. The second-order valence-corrected chi connectivity index (χ2v) is 17.3. The molecule has 348 valence electrons. The number of ether oxygens (including phenoxy) is 3. The summed E-state index contributed by atoms with van der Waals surface area (Å²) in [7, 11) is 1.65. The molecule has 2 amide bonds. The Hall–Kier alpha value is -4.86. The first kappa shape index (κ1) is 45.7. The third kappa shape index (κ3) is 10.2. The summed E-state index contributed by atoms with van der Waals surface area (Å²) in [5, 5.41) is 51.8. The standard InChI is InChI=1S/C45H64N10O9/c1-3-33-41(47-27-14-23-63-24-15-27)51-42(39(49-33)40(46)58)48-28-6-9-34(36(25-28)62-2)53-16-12-29(13-17-53)52-18-20-54(21-19-52)38(57)5-4-22-64-30-7-8-31-32(26-30)45(61)55(44(31)60)35-10-11-37(56)50-43(35)59/h6-9,25-27,29,35,37,43-45,50,56,59-61H,3-5,10-24H2,1-2H3,(H2,46,58)(H2,47,48,51). The molecule has 5 aliphatic heterocycles. The van der Waals surface area contributed by atoms with Gasteiger partial charge in [-0.25, -0.2) is 14.9 Å². The van der Waals surface area contributed by atoms with Gasteiger partial charge in [-0.2, -0.15) is 0 Å². The summed E-state index contributed by atoms with van der Waals surface area (Å²) in [5.74, 6) is 1.61. The summed E-state index contributed by atoms with van der Waals surface area (Å²) in [6, 6.07) is 11.1. The number of rotatable bonds is 15. The van der Waals surface area contributed by atoms with Crippen molar-refractivity contribution < 1.29 is 44.2 Å². The number of piperazine rings is 1. The molecule has 5 unspecified atom stereocenters. The van der Waals surface area contributed by atoms with Crippen LogP contribution in [-0.2, 0) is 16.0 Å². The number of piperidine rings is 2. The fourth-order valence-electron chi connectivity index (χ4n) is 9.77. The number of aryl methyl sites for hydroxylation is 1. The molecule has 4 fully saturated rings. The molecule has 0 aliphatic carbocycles. The number of amides is 2. The molecule has 0 bridgehead atoms. The summed E-state index contributed by atoms with van der Waals surface area (Å²) in [4.78, 5) is 43.4. The number of hydrogen-bond acceptors (Lipinski definition) is 17. The fourth-order valence-corrected chi connectivity index (χ4v) is 9.77. The minimum absolute atomic E-state index is 0.0836. The summed E-state index contributed by atoms with van der Waals surface area (Å²) in [5.41, 5.74) is 9.27. The van der Waals surface area contributed by atoms with Gasteiger partial charge in [-0.15, -0.1) is 0 Å². The molecule has 3 aromatic rings. The highest BCUT2D eigenvalue weighted by molar-refractivity contribution is 5.96. The highest BCUT2D eigenvalue weighted by atomic mass is 16.5. The summed E-state index contributed by atoms with van der Waals surface area (Å²) < 4.78 is 17.4. The third-order valence-corrected chi connectivity index (χ3v) is 13.4. The van der Waals surface area contributed by atoms with Gasteiger partial charge in [0.15, 0.2) is 17.3 Å². The number of nitrogens with two attached hydrogens (primary N) is 1. The number of aromatic nitrogens is 2. The predicted octanol–water partition coefficient (Wildman–Crippen LogP) is 2.14. The SMILES string of the molecule is CCc1nc(C(N)=O)c(Nc2ccc(N3CCC(N4CCN(C(=O)CCCOc5ccc6c(c5)C(O)N(C5CCC(O)NC5O)C6O)CC4)CC3)c(OC)c2)nc1NC1CCOCC1. The second-order valence-electron chi connectivity index (χ2n) is 17.3. The molecule has 4 saturated heterocycles. The van der Waals surface area contributed by atoms with E-state index in [2.05, 4.69) is 30.7 Å². The first-order chi connectivity index (χ1) is 31.0. The zero-order chi connectivity index (χ0) is 44.9. The molecule has 1 aromatic heterocycles. The van der Waals surface area contributed by atoms with E-state index in [4.69, 9.17) is 24.9 Å².